The van der Waals surface area contributed by atoms with E-state index in [0.717, 1.165) is 36.7 Å². The molecule has 2 atom stereocenters. The number of nitrogens with zero attached hydrogens (tertiary/aromatic N) is 5. The number of benzene rings is 1. The largest absolute Gasteiger partial charge is 0.338 e. The Kier molecular flexibility index (Phi) is 6.50. The second kappa shape index (κ2) is 8.73. The summed E-state index contributed by atoms with van der Waals surface area (Å²) in [5.74, 6) is 0.514. The molecule has 1 N–H and O–H groups in total. The third-order valence-corrected chi connectivity index (χ3v) is 7.55. The zero-order valence-electron chi connectivity index (χ0n) is 17.4. The maximum Gasteiger partial charge on any atom is 0.224 e. The number of fused-ring (bicyclic) bond motifs is 1. The molecule has 7 nitrogen and oxygen atoms in total. The standard InChI is InChI=1S/C20H28N6OS2/c1-14(29(5,21)27)13-23-20(22-4)26-10-8-25(9-11-26)15(2)17-6-7-19-18(12-17)24-16(3)28-19/h6-7,12-13,15,21H,4,8-11H2,1-3,5H3/b14-13+,23-20?. The summed E-state index contributed by atoms with van der Waals surface area (Å²) in [5, 5.41) is 1.09. The summed E-state index contributed by atoms with van der Waals surface area (Å²) in [6.07, 6.45) is 2.86. The number of aryl methyl sites for hydroxylation is 1. The van der Waals surface area contributed by atoms with Crippen molar-refractivity contribution in [3.63, 3.8) is 0 Å². The van der Waals surface area contributed by atoms with E-state index in [-0.39, 0.29) is 0 Å². The highest BCUT2D eigenvalue weighted by molar-refractivity contribution is 7.95. The Morgan fingerprint density at radius 3 is 2.69 bits per heavy atom. The molecule has 1 fully saturated rings. The number of aliphatic imine (C=N–C) groups is 2. The molecule has 29 heavy (non-hydrogen) atoms. The molecule has 156 valence electrons. The highest BCUT2D eigenvalue weighted by Gasteiger charge is 2.24. The number of guanidine groups is 1. The first-order valence-corrected chi connectivity index (χ1v) is 12.3. The Balaban J connectivity index is 1.67. The zero-order chi connectivity index (χ0) is 21.2. The summed E-state index contributed by atoms with van der Waals surface area (Å²) < 4.78 is 20.6. The van der Waals surface area contributed by atoms with E-state index in [4.69, 9.17) is 4.78 Å². The fourth-order valence-electron chi connectivity index (χ4n) is 3.31. The Bertz CT molecular complexity index is 1060. The molecule has 0 aliphatic carbocycles. The van der Waals surface area contributed by atoms with Crippen LogP contribution in [0.15, 0.2) is 39.3 Å². The Morgan fingerprint density at radius 1 is 1.38 bits per heavy atom. The molecular weight excluding hydrogens is 404 g/mol. The fourth-order valence-corrected chi connectivity index (χ4v) is 4.37. The molecule has 0 radical (unpaired) electrons. The minimum absolute atomic E-state index is 0.302. The maximum atomic E-state index is 11.8. The Hall–Kier alpha value is -2.10. The zero-order valence-corrected chi connectivity index (χ0v) is 19.0. The van der Waals surface area contributed by atoms with Gasteiger partial charge < -0.3 is 4.90 Å². The molecule has 9 heteroatoms. The van der Waals surface area contributed by atoms with Crippen LogP contribution in [-0.2, 0) is 9.73 Å². The smallest absolute Gasteiger partial charge is 0.224 e. The molecule has 2 aromatic rings. The quantitative estimate of drug-likeness (QED) is 0.587. The van der Waals surface area contributed by atoms with Gasteiger partial charge in [0.15, 0.2) is 0 Å². The average Bonchev–Trinajstić information content (AvgIpc) is 3.06. The van der Waals surface area contributed by atoms with Crippen molar-refractivity contribution in [2.45, 2.75) is 26.8 Å². The molecular formula is C20H28N6OS2. The van der Waals surface area contributed by atoms with Gasteiger partial charge in [-0.15, -0.1) is 11.3 Å². The monoisotopic (exact) mass is 432 g/mol. The second-order valence-corrected chi connectivity index (χ2v) is 10.9. The molecule has 1 aromatic carbocycles. The third-order valence-electron chi connectivity index (χ3n) is 5.26. The minimum atomic E-state index is -2.74. The van der Waals surface area contributed by atoms with Crippen molar-refractivity contribution >= 4 is 44.0 Å². The summed E-state index contributed by atoms with van der Waals surface area (Å²) in [4.78, 5) is 17.9. The van der Waals surface area contributed by atoms with E-state index < -0.39 is 9.73 Å². The van der Waals surface area contributed by atoms with Crippen LogP contribution in [0.1, 0.15) is 30.5 Å². The predicted octanol–water partition coefficient (Wildman–Crippen LogP) is 3.88. The maximum absolute atomic E-state index is 11.8. The van der Waals surface area contributed by atoms with Crippen molar-refractivity contribution in [1.82, 2.24) is 14.8 Å². The molecule has 3 rings (SSSR count). The molecule has 1 aliphatic heterocycles. The molecule has 1 aromatic heterocycles. The highest BCUT2D eigenvalue weighted by atomic mass is 32.2. The van der Waals surface area contributed by atoms with Crippen LogP contribution in [0.4, 0.5) is 0 Å². The van der Waals surface area contributed by atoms with Crippen LogP contribution in [0.25, 0.3) is 10.2 Å². The lowest BCUT2D eigenvalue weighted by Crippen LogP contribution is -2.48. The van der Waals surface area contributed by atoms with Gasteiger partial charge in [0.25, 0.3) is 0 Å². The van der Waals surface area contributed by atoms with Gasteiger partial charge in [-0.05, 0) is 45.2 Å². The molecule has 0 spiro atoms. The number of allylic oxidation sites excluding steroid dienone is 1. The van der Waals surface area contributed by atoms with Crippen LogP contribution in [0.2, 0.25) is 0 Å². The molecule has 1 aliphatic rings. The van der Waals surface area contributed by atoms with Gasteiger partial charge in [-0.3, -0.25) is 4.90 Å². The van der Waals surface area contributed by atoms with Gasteiger partial charge in [0.05, 0.1) is 25.0 Å². The van der Waals surface area contributed by atoms with Gasteiger partial charge in [-0.1, -0.05) is 6.07 Å². The lowest BCUT2D eigenvalue weighted by molar-refractivity contribution is 0.140. The van der Waals surface area contributed by atoms with Crippen molar-refractivity contribution in [2.75, 3.05) is 32.4 Å². The van der Waals surface area contributed by atoms with Crippen LogP contribution in [0.3, 0.4) is 0 Å². The molecule has 2 heterocycles. The third kappa shape index (κ3) is 5.09. The van der Waals surface area contributed by atoms with E-state index in [2.05, 4.69) is 56.6 Å². The van der Waals surface area contributed by atoms with Crippen molar-refractivity contribution < 1.29 is 4.21 Å². The summed E-state index contributed by atoms with van der Waals surface area (Å²) in [5.41, 5.74) is 2.35. The molecule has 0 saturated carbocycles. The van der Waals surface area contributed by atoms with Crippen molar-refractivity contribution in [3.05, 3.63) is 39.9 Å². The Labute approximate surface area is 176 Å². The average molecular weight is 433 g/mol. The topological polar surface area (TPSA) is 85.0 Å². The van der Waals surface area contributed by atoms with E-state index in [9.17, 15) is 4.21 Å². The highest BCUT2D eigenvalue weighted by Crippen LogP contribution is 2.28. The first-order chi connectivity index (χ1) is 13.7. The van der Waals surface area contributed by atoms with Gasteiger partial charge in [0.1, 0.15) is 0 Å². The summed E-state index contributed by atoms with van der Waals surface area (Å²) in [6, 6.07) is 6.87. The number of hydrogen-bond donors (Lipinski definition) is 1. The number of hydrogen-bond acceptors (Lipinski definition) is 6. The number of thiazole rings is 1. The number of aromatic nitrogens is 1. The number of piperazine rings is 1. The SMILES string of the molecule is C=NC(=N/C=C(\C)S(C)(=N)=O)N1CCN(C(C)c2ccc3sc(C)nc3c2)CC1. The molecule has 1 saturated heterocycles. The van der Waals surface area contributed by atoms with Crippen LogP contribution in [0, 0.1) is 11.7 Å². The van der Waals surface area contributed by atoms with Gasteiger partial charge in [-0.2, -0.15) is 0 Å². The first-order valence-electron chi connectivity index (χ1n) is 9.50. The molecule has 2 unspecified atom stereocenters. The molecule has 0 bridgehead atoms. The van der Waals surface area contributed by atoms with Gasteiger partial charge in [0, 0.05) is 49.6 Å². The van der Waals surface area contributed by atoms with E-state index in [0.29, 0.717) is 16.9 Å². The van der Waals surface area contributed by atoms with E-state index in [1.165, 1.54) is 22.7 Å². The lowest BCUT2D eigenvalue weighted by Gasteiger charge is -2.38. The van der Waals surface area contributed by atoms with Crippen molar-refractivity contribution in [1.29, 1.82) is 4.78 Å². The van der Waals surface area contributed by atoms with Crippen LogP contribution >= 0.6 is 11.3 Å². The Morgan fingerprint density at radius 2 is 2.07 bits per heavy atom. The van der Waals surface area contributed by atoms with Crippen LogP contribution in [0.5, 0.6) is 0 Å². The lowest BCUT2D eigenvalue weighted by atomic mass is 10.1. The van der Waals surface area contributed by atoms with E-state index in [1.54, 1.807) is 18.3 Å². The van der Waals surface area contributed by atoms with E-state index >= 15 is 0 Å². The van der Waals surface area contributed by atoms with Gasteiger partial charge in [0.2, 0.25) is 5.96 Å². The van der Waals surface area contributed by atoms with Crippen molar-refractivity contribution in [3.8, 4) is 0 Å². The first kappa shape index (κ1) is 21.6. The molecule has 0 amide bonds. The summed E-state index contributed by atoms with van der Waals surface area (Å²) in [7, 11) is -2.74. The summed E-state index contributed by atoms with van der Waals surface area (Å²) in [6.45, 7) is 12.9. The van der Waals surface area contributed by atoms with Gasteiger partial charge in [-0.25, -0.2) is 24.0 Å². The van der Waals surface area contributed by atoms with Gasteiger partial charge >= 0.3 is 0 Å². The normalized spacial score (nSPS) is 19.9. The van der Waals surface area contributed by atoms with Crippen LogP contribution in [-0.4, -0.2) is 64.1 Å². The van der Waals surface area contributed by atoms with E-state index in [1.807, 2.05) is 6.92 Å². The summed E-state index contributed by atoms with van der Waals surface area (Å²) >= 11 is 1.73. The number of rotatable bonds is 4. The van der Waals surface area contributed by atoms with Crippen molar-refractivity contribution in [2.24, 2.45) is 9.98 Å². The number of nitrogens with one attached hydrogen (secondary N) is 1. The fraction of sp³-hybridized carbons (Fsp3) is 0.450. The second-order valence-electron chi connectivity index (χ2n) is 7.33. The minimum Gasteiger partial charge on any atom is -0.338 e. The predicted molar refractivity (Wildman–Crippen MR) is 123 cm³/mol. The van der Waals surface area contributed by atoms with Crippen LogP contribution < -0.4 is 0 Å².